The zero-order valence-corrected chi connectivity index (χ0v) is 11.2. The third-order valence-corrected chi connectivity index (χ3v) is 3.61. The predicted octanol–water partition coefficient (Wildman–Crippen LogP) is 0.901. The van der Waals surface area contributed by atoms with Crippen LogP contribution >= 0.6 is 0 Å². The van der Waals surface area contributed by atoms with Crippen LogP contribution in [0.3, 0.4) is 0 Å². The molecule has 7 nitrogen and oxygen atoms in total. The van der Waals surface area contributed by atoms with E-state index in [0.717, 1.165) is 0 Å². The van der Waals surface area contributed by atoms with Gasteiger partial charge in [-0.1, -0.05) is 0 Å². The maximum atomic E-state index is 11.2. The summed E-state index contributed by atoms with van der Waals surface area (Å²) in [5.41, 5.74) is 5.76. The topological polar surface area (TPSA) is 110 Å². The molecule has 1 aliphatic carbocycles. The number of aliphatic hydroxyl groups is 1. The van der Waals surface area contributed by atoms with Gasteiger partial charge in [-0.05, 0) is 30.9 Å². The van der Waals surface area contributed by atoms with Crippen LogP contribution in [0.2, 0.25) is 0 Å². The van der Waals surface area contributed by atoms with E-state index in [0.29, 0.717) is 31.0 Å². The van der Waals surface area contributed by atoms with Crippen molar-refractivity contribution in [3.63, 3.8) is 0 Å². The molecule has 1 amide bonds. The molecule has 1 aromatic carbocycles. The van der Waals surface area contributed by atoms with Crippen LogP contribution in [0, 0.1) is 16.0 Å². The molecule has 0 radical (unpaired) electrons. The maximum Gasteiger partial charge on any atom is 0.292 e. The number of benzene rings is 1. The van der Waals surface area contributed by atoms with Gasteiger partial charge in [0.2, 0.25) is 5.91 Å². The number of carbonyl (C=O) groups is 1. The molecule has 0 spiro atoms. The van der Waals surface area contributed by atoms with Gasteiger partial charge in [0.05, 0.1) is 11.0 Å². The van der Waals surface area contributed by atoms with E-state index in [1.165, 1.54) is 18.2 Å². The number of aliphatic hydroxyl groups excluding tert-OH is 1. The van der Waals surface area contributed by atoms with E-state index in [9.17, 15) is 20.0 Å². The Balaban J connectivity index is 2.24. The molecule has 0 heterocycles. The summed E-state index contributed by atoms with van der Waals surface area (Å²) >= 11 is 0. The van der Waals surface area contributed by atoms with Crippen LogP contribution in [0.5, 0.6) is 0 Å². The van der Waals surface area contributed by atoms with E-state index in [1.807, 2.05) is 0 Å². The number of hydrogen-bond acceptors (Lipinski definition) is 5. The average Bonchev–Trinajstić information content (AvgIpc) is 2.35. The van der Waals surface area contributed by atoms with Gasteiger partial charge in [0.15, 0.2) is 0 Å². The first kappa shape index (κ1) is 14.3. The summed E-state index contributed by atoms with van der Waals surface area (Å²) in [5, 5.41) is 20.3. The average molecular weight is 279 g/mol. The van der Waals surface area contributed by atoms with Crippen molar-refractivity contribution in [1.29, 1.82) is 0 Å². The Hall–Kier alpha value is -2.15. The Morgan fingerprint density at radius 2 is 2.20 bits per heavy atom. The van der Waals surface area contributed by atoms with Gasteiger partial charge < -0.3 is 15.7 Å². The van der Waals surface area contributed by atoms with Gasteiger partial charge in [0, 0.05) is 25.2 Å². The number of nitrogens with zero attached hydrogens (tertiary/aromatic N) is 2. The zero-order chi connectivity index (χ0) is 14.9. The lowest BCUT2D eigenvalue weighted by molar-refractivity contribution is -0.384. The molecule has 1 fully saturated rings. The zero-order valence-electron chi connectivity index (χ0n) is 11.2. The third-order valence-electron chi connectivity index (χ3n) is 3.61. The fraction of sp³-hybridized carbons (Fsp3) is 0.462. The lowest BCUT2D eigenvalue weighted by Crippen LogP contribution is -2.37. The van der Waals surface area contributed by atoms with Gasteiger partial charge >= 0.3 is 0 Å². The fourth-order valence-corrected chi connectivity index (χ4v) is 2.47. The fourth-order valence-electron chi connectivity index (χ4n) is 2.47. The highest BCUT2D eigenvalue weighted by atomic mass is 16.6. The van der Waals surface area contributed by atoms with Crippen molar-refractivity contribution in [1.82, 2.24) is 0 Å². The predicted molar refractivity (Wildman–Crippen MR) is 73.6 cm³/mol. The number of amides is 1. The second-order valence-corrected chi connectivity index (χ2v) is 5.20. The van der Waals surface area contributed by atoms with Crippen LogP contribution in [-0.4, -0.2) is 35.6 Å². The van der Waals surface area contributed by atoms with E-state index >= 15 is 0 Å². The Labute approximate surface area is 116 Å². The third kappa shape index (κ3) is 2.88. The summed E-state index contributed by atoms with van der Waals surface area (Å²) in [4.78, 5) is 23.5. The first-order valence-corrected chi connectivity index (χ1v) is 6.36. The van der Waals surface area contributed by atoms with Gasteiger partial charge in [-0.15, -0.1) is 0 Å². The molecule has 108 valence electrons. The van der Waals surface area contributed by atoms with Crippen molar-refractivity contribution in [2.24, 2.45) is 11.7 Å². The Bertz CT molecular complexity index is 540. The normalized spacial score (nSPS) is 21.1. The minimum atomic E-state index is -0.617. The molecule has 1 aromatic rings. The second-order valence-electron chi connectivity index (χ2n) is 5.20. The van der Waals surface area contributed by atoms with E-state index in [-0.39, 0.29) is 17.4 Å². The van der Waals surface area contributed by atoms with Crippen molar-refractivity contribution < 1.29 is 14.8 Å². The number of nitro groups is 1. The van der Waals surface area contributed by atoms with Crippen molar-refractivity contribution in [3.05, 3.63) is 33.9 Å². The molecule has 7 heteroatoms. The number of nitrogens with two attached hydrogens (primary N) is 1. The lowest BCUT2D eigenvalue weighted by atomic mass is 9.82. The first-order chi connectivity index (χ1) is 9.38. The van der Waals surface area contributed by atoms with Crippen LogP contribution < -0.4 is 10.6 Å². The SMILES string of the molecule is CN(CC1CC(O)C1)c1cc(C(N)=O)ccc1[N+](=O)[O-]. The molecule has 0 unspecified atom stereocenters. The smallest absolute Gasteiger partial charge is 0.292 e. The van der Waals surface area contributed by atoms with Crippen molar-refractivity contribution in [2.45, 2.75) is 18.9 Å². The molecule has 0 bridgehead atoms. The van der Waals surface area contributed by atoms with Gasteiger partial charge in [-0.3, -0.25) is 14.9 Å². The largest absolute Gasteiger partial charge is 0.393 e. The number of primary amides is 1. The minimum Gasteiger partial charge on any atom is -0.393 e. The standard InChI is InChI=1S/C13H17N3O4/c1-15(7-8-4-10(17)5-8)12-6-9(13(14)18)2-3-11(12)16(19)20/h2-3,6,8,10,17H,4-5,7H2,1H3,(H2,14,18). The van der Waals surface area contributed by atoms with Gasteiger partial charge in [-0.2, -0.15) is 0 Å². The molecule has 1 aliphatic rings. The highest BCUT2D eigenvalue weighted by Gasteiger charge is 2.29. The molecule has 0 aromatic heterocycles. The van der Waals surface area contributed by atoms with Crippen LogP contribution in [0.25, 0.3) is 0 Å². The van der Waals surface area contributed by atoms with Gasteiger partial charge in [0.25, 0.3) is 5.69 Å². The molecule has 2 rings (SSSR count). The van der Waals surface area contributed by atoms with E-state index in [2.05, 4.69) is 0 Å². The van der Waals surface area contributed by atoms with Gasteiger partial charge in [-0.25, -0.2) is 0 Å². The highest BCUT2D eigenvalue weighted by Crippen LogP contribution is 2.33. The molecular formula is C13H17N3O4. The van der Waals surface area contributed by atoms with Crippen LogP contribution in [0.15, 0.2) is 18.2 Å². The molecule has 0 aliphatic heterocycles. The quantitative estimate of drug-likeness (QED) is 0.614. The lowest BCUT2D eigenvalue weighted by Gasteiger charge is -2.35. The van der Waals surface area contributed by atoms with Crippen LogP contribution in [-0.2, 0) is 0 Å². The van der Waals surface area contributed by atoms with Crippen molar-refractivity contribution in [3.8, 4) is 0 Å². The van der Waals surface area contributed by atoms with Crippen LogP contribution in [0.1, 0.15) is 23.2 Å². The highest BCUT2D eigenvalue weighted by molar-refractivity contribution is 5.94. The number of carbonyl (C=O) groups excluding carboxylic acids is 1. The number of rotatable bonds is 5. The minimum absolute atomic E-state index is 0.0580. The van der Waals surface area contributed by atoms with Gasteiger partial charge in [0.1, 0.15) is 5.69 Å². The number of anilines is 1. The summed E-state index contributed by atoms with van der Waals surface area (Å²) in [6, 6.07) is 4.09. The summed E-state index contributed by atoms with van der Waals surface area (Å²) in [6.45, 7) is 0.597. The summed E-state index contributed by atoms with van der Waals surface area (Å²) in [6.07, 6.45) is 1.14. The van der Waals surface area contributed by atoms with Crippen molar-refractivity contribution >= 4 is 17.3 Å². The second kappa shape index (κ2) is 5.46. The maximum absolute atomic E-state index is 11.2. The molecule has 20 heavy (non-hydrogen) atoms. The first-order valence-electron chi connectivity index (χ1n) is 6.36. The Morgan fingerprint density at radius 1 is 1.55 bits per heavy atom. The summed E-state index contributed by atoms with van der Waals surface area (Å²) in [5.74, 6) is -0.305. The van der Waals surface area contributed by atoms with E-state index in [1.54, 1.807) is 11.9 Å². The summed E-state index contributed by atoms with van der Waals surface area (Å²) in [7, 11) is 1.73. The Morgan fingerprint density at radius 3 is 2.70 bits per heavy atom. The van der Waals surface area contributed by atoms with E-state index < -0.39 is 10.8 Å². The van der Waals surface area contributed by atoms with Crippen LogP contribution in [0.4, 0.5) is 11.4 Å². The molecule has 0 saturated heterocycles. The number of nitro benzene ring substituents is 1. The molecule has 0 atom stereocenters. The number of hydrogen-bond donors (Lipinski definition) is 2. The molecule has 3 N–H and O–H groups in total. The monoisotopic (exact) mass is 279 g/mol. The molecule has 1 saturated carbocycles. The van der Waals surface area contributed by atoms with E-state index in [4.69, 9.17) is 5.73 Å². The summed E-state index contributed by atoms with van der Waals surface area (Å²) < 4.78 is 0. The van der Waals surface area contributed by atoms with Crippen molar-refractivity contribution in [2.75, 3.05) is 18.5 Å². The molecular weight excluding hydrogens is 262 g/mol. The Kier molecular flexibility index (Phi) is 3.89.